The van der Waals surface area contributed by atoms with Crippen LogP contribution in [0.1, 0.15) is 49.1 Å². The second-order valence-electron chi connectivity index (χ2n) is 6.93. The van der Waals surface area contributed by atoms with E-state index in [1.165, 1.54) is 19.3 Å². The third kappa shape index (κ3) is 1.73. The summed E-state index contributed by atoms with van der Waals surface area (Å²) in [6.45, 7) is 0. The number of aryl methyl sites for hydroxylation is 1. The van der Waals surface area contributed by atoms with Crippen molar-refractivity contribution in [3.8, 4) is 0 Å². The molecule has 5 atom stereocenters. The third-order valence-corrected chi connectivity index (χ3v) is 6.27. The average Bonchev–Trinajstić information content (AvgIpc) is 2.91. The second kappa shape index (κ2) is 4.61. The molecule has 1 aromatic carbocycles. The first-order valence-electron chi connectivity index (χ1n) is 8.06. The maximum atomic E-state index is 11.4. The van der Waals surface area contributed by atoms with Gasteiger partial charge in [-0.3, -0.25) is 4.79 Å². The van der Waals surface area contributed by atoms with Crippen LogP contribution in [0.3, 0.4) is 0 Å². The van der Waals surface area contributed by atoms with Gasteiger partial charge in [0.25, 0.3) is 0 Å². The summed E-state index contributed by atoms with van der Waals surface area (Å²) in [6, 6.07) is 8.92. The Bertz CT molecular complexity index is 536. The van der Waals surface area contributed by atoms with E-state index in [2.05, 4.69) is 24.3 Å². The van der Waals surface area contributed by atoms with Crippen molar-refractivity contribution in [1.82, 2.24) is 0 Å². The summed E-state index contributed by atoms with van der Waals surface area (Å²) >= 11 is 0. The molecule has 3 aliphatic rings. The third-order valence-electron chi connectivity index (χ3n) is 6.27. The largest absolute Gasteiger partial charge is 0.481 e. The summed E-state index contributed by atoms with van der Waals surface area (Å²) in [6.07, 6.45) is 6.84. The van der Waals surface area contributed by atoms with Gasteiger partial charge in [0, 0.05) is 0 Å². The lowest BCUT2D eigenvalue weighted by Crippen LogP contribution is -2.36. The second-order valence-corrected chi connectivity index (χ2v) is 6.93. The molecule has 2 saturated carbocycles. The molecular weight excluding hydrogens is 248 g/mol. The van der Waals surface area contributed by atoms with Crippen molar-refractivity contribution < 1.29 is 9.90 Å². The standard InChI is InChI=1S/C18H22O2/c19-18(20)17-10-9-15-14-6-5-11-3-1-2-4-12(11)13(14)7-8-16(15)17/h1-4,13-17H,5-10H2,(H,19,20). The predicted octanol–water partition coefficient (Wildman–Crippen LogP) is 3.85. The highest BCUT2D eigenvalue weighted by molar-refractivity contribution is 5.70. The summed E-state index contributed by atoms with van der Waals surface area (Å²) in [5.74, 6) is 1.97. The number of carboxylic acids is 1. The molecular formula is C18H22O2. The maximum Gasteiger partial charge on any atom is 0.306 e. The van der Waals surface area contributed by atoms with Crippen LogP contribution in [0.15, 0.2) is 24.3 Å². The van der Waals surface area contributed by atoms with Gasteiger partial charge in [0.2, 0.25) is 0 Å². The maximum absolute atomic E-state index is 11.4. The summed E-state index contributed by atoms with van der Waals surface area (Å²) in [5, 5.41) is 9.41. The number of rotatable bonds is 1. The highest BCUT2D eigenvalue weighted by Gasteiger charge is 2.49. The first-order valence-corrected chi connectivity index (χ1v) is 8.06. The number of fused-ring (bicyclic) bond motifs is 5. The minimum absolute atomic E-state index is 0.0573. The Labute approximate surface area is 120 Å². The topological polar surface area (TPSA) is 37.3 Å². The normalized spacial score (nSPS) is 38.7. The Morgan fingerprint density at radius 2 is 1.75 bits per heavy atom. The van der Waals surface area contributed by atoms with Crippen LogP contribution in [0.25, 0.3) is 0 Å². The van der Waals surface area contributed by atoms with Crippen molar-refractivity contribution >= 4 is 5.97 Å². The Morgan fingerprint density at radius 3 is 2.60 bits per heavy atom. The van der Waals surface area contributed by atoms with Gasteiger partial charge in [0.15, 0.2) is 0 Å². The van der Waals surface area contributed by atoms with E-state index in [9.17, 15) is 9.90 Å². The molecule has 0 aliphatic heterocycles. The number of aliphatic carboxylic acids is 1. The minimum Gasteiger partial charge on any atom is -0.481 e. The molecule has 2 nitrogen and oxygen atoms in total. The van der Waals surface area contributed by atoms with Crippen LogP contribution in [-0.2, 0) is 11.2 Å². The fourth-order valence-electron chi connectivity index (χ4n) is 5.48. The van der Waals surface area contributed by atoms with Crippen LogP contribution in [0.2, 0.25) is 0 Å². The molecule has 2 heteroatoms. The summed E-state index contributed by atoms with van der Waals surface area (Å²) < 4.78 is 0. The molecule has 0 saturated heterocycles. The molecule has 0 heterocycles. The molecule has 1 aromatic rings. The first-order chi connectivity index (χ1) is 9.75. The SMILES string of the molecule is O=C(O)C1CCC2C1CCC1c3ccccc3CCC12. The highest BCUT2D eigenvalue weighted by Crippen LogP contribution is 2.56. The van der Waals surface area contributed by atoms with E-state index in [0.717, 1.165) is 25.2 Å². The van der Waals surface area contributed by atoms with E-state index < -0.39 is 5.97 Å². The van der Waals surface area contributed by atoms with Crippen molar-refractivity contribution in [1.29, 1.82) is 0 Å². The highest BCUT2D eigenvalue weighted by atomic mass is 16.4. The zero-order valence-corrected chi connectivity index (χ0v) is 11.8. The van der Waals surface area contributed by atoms with Gasteiger partial charge < -0.3 is 5.11 Å². The Hall–Kier alpha value is -1.31. The van der Waals surface area contributed by atoms with Gasteiger partial charge in [-0.25, -0.2) is 0 Å². The summed E-state index contributed by atoms with van der Waals surface area (Å²) in [7, 11) is 0. The first kappa shape index (κ1) is 12.4. The van der Waals surface area contributed by atoms with E-state index in [4.69, 9.17) is 0 Å². The van der Waals surface area contributed by atoms with E-state index >= 15 is 0 Å². The van der Waals surface area contributed by atoms with Gasteiger partial charge in [0.1, 0.15) is 0 Å². The van der Waals surface area contributed by atoms with Gasteiger partial charge in [0.05, 0.1) is 5.92 Å². The lowest BCUT2D eigenvalue weighted by atomic mass is 9.60. The van der Waals surface area contributed by atoms with E-state index in [1.807, 2.05) is 0 Å². The molecule has 4 rings (SSSR count). The minimum atomic E-state index is -0.549. The molecule has 1 N–H and O–H groups in total. The van der Waals surface area contributed by atoms with Gasteiger partial charge in [-0.05, 0) is 73.3 Å². The van der Waals surface area contributed by atoms with Crippen LogP contribution < -0.4 is 0 Å². The molecule has 5 unspecified atom stereocenters. The number of hydrogen-bond donors (Lipinski definition) is 1. The molecule has 0 amide bonds. The van der Waals surface area contributed by atoms with Crippen molar-refractivity contribution in [3.63, 3.8) is 0 Å². The number of carboxylic acid groups (broad SMARTS) is 1. The van der Waals surface area contributed by atoms with E-state index in [0.29, 0.717) is 17.8 Å². The lowest BCUT2D eigenvalue weighted by Gasteiger charge is -2.44. The molecule has 3 aliphatic carbocycles. The van der Waals surface area contributed by atoms with E-state index in [-0.39, 0.29) is 5.92 Å². The average molecular weight is 270 g/mol. The van der Waals surface area contributed by atoms with Crippen molar-refractivity contribution in [2.75, 3.05) is 0 Å². The van der Waals surface area contributed by atoms with Crippen molar-refractivity contribution in [2.24, 2.45) is 23.7 Å². The molecule has 0 aromatic heterocycles. The zero-order chi connectivity index (χ0) is 13.7. The predicted molar refractivity (Wildman–Crippen MR) is 77.6 cm³/mol. The monoisotopic (exact) mass is 270 g/mol. The molecule has 2 fully saturated rings. The van der Waals surface area contributed by atoms with Crippen LogP contribution >= 0.6 is 0 Å². The number of hydrogen-bond acceptors (Lipinski definition) is 1. The van der Waals surface area contributed by atoms with Crippen molar-refractivity contribution in [3.05, 3.63) is 35.4 Å². The summed E-state index contributed by atoms with van der Waals surface area (Å²) in [4.78, 5) is 11.4. The van der Waals surface area contributed by atoms with Gasteiger partial charge in [-0.2, -0.15) is 0 Å². The van der Waals surface area contributed by atoms with Crippen LogP contribution in [0.5, 0.6) is 0 Å². The van der Waals surface area contributed by atoms with E-state index in [1.54, 1.807) is 11.1 Å². The van der Waals surface area contributed by atoms with Crippen LogP contribution in [0.4, 0.5) is 0 Å². The number of carbonyl (C=O) groups is 1. The van der Waals surface area contributed by atoms with Gasteiger partial charge in [-0.1, -0.05) is 24.3 Å². The van der Waals surface area contributed by atoms with Gasteiger partial charge >= 0.3 is 5.97 Å². The summed E-state index contributed by atoms with van der Waals surface area (Å²) in [5.41, 5.74) is 3.11. The molecule has 106 valence electrons. The fourth-order valence-corrected chi connectivity index (χ4v) is 5.48. The van der Waals surface area contributed by atoms with Crippen molar-refractivity contribution in [2.45, 2.75) is 44.4 Å². The molecule has 0 bridgehead atoms. The quantitative estimate of drug-likeness (QED) is 0.841. The molecule has 20 heavy (non-hydrogen) atoms. The van der Waals surface area contributed by atoms with Crippen LogP contribution in [0, 0.1) is 23.7 Å². The smallest absolute Gasteiger partial charge is 0.306 e. The fraction of sp³-hybridized carbons (Fsp3) is 0.611. The lowest BCUT2D eigenvalue weighted by molar-refractivity contribution is -0.143. The van der Waals surface area contributed by atoms with Gasteiger partial charge in [-0.15, -0.1) is 0 Å². The number of benzene rings is 1. The Kier molecular flexibility index (Phi) is 2.87. The Morgan fingerprint density at radius 1 is 0.950 bits per heavy atom. The molecule has 0 spiro atoms. The Balaban J connectivity index is 1.64. The van der Waals surface area contributed by atoms with Crippen LogP contribution in [-0.4, -0.2) is 11.1 Å². The zero-order valence-electron chi connectivity index (χ0n) is 11.8. The molecule has 0 radical (unpaired) electrons.